The Kier molecular flexibility index (Phi) is 4.55. The van der Waals surface area contributed by atoms with E-state index in [1.807, 2.05) is 24.3 Å². The fourth-order valence-corrected chi connectivity index (χ4v) is 1.91. The fourth-order valence-electron chi connectivity index (χ4n) is 1.73. The zero-order chi connectivity index (χ0) is 14.5. The molecule has 3 N–H and O–H groups in total. The maximum absolute atomic E-state index is 11.0. The van der Waals surface area contributed by atoms with Crippen molar-refractivity contribution < 1.29 is 15.0 Å². The van der Waals surface area contributed by atoms with Gasteiger partial charge in [-0.05, 0) is 17.2 Å². The van der Waals surface area contributed by atoms with E-state index >= 15 is 0 Å². The minimum atomic E-state index is -1.09. The standard InChI is InChI=1S/C14H13ClN2O3/c15-12-7-17-13(5-11(12)14(19)20)16-6-9-2-1-3-10(4-9)8-18/h1-5,7,18H,6,8H2,(H,16,17)(H,19,20). The van der Waals surface area contributed by atoms with Gasteiger partial charge in [-0.15, -0.1) is 0 Å². The number of rotatable bonds is 5. The maximum atomic E-state index is 11.0. The summed E-state index contributed by atoms with van der Waals surface area (Å²) in [5.74, 6) is -0.663. The lowest BCUT2D eigenvalue weighted by Crippen LogP contribution is -2.05. The first-order valence-electron chi connectivity index (χ1n) is 5.91. The van der Waals surface area contributed by atoms with Gasteiger partial charge in [0.2, 0.25) is 0 Å². The van der Waals surface area contributed by atoms with Crippen LogP contribution in [0.1, 0.15) is 21.5 Å². The van der Waals surface area contributed by atoms with Crippen molar-refractivity contribution in [2.75, 3.05) is 5.32 Å². The molecule has 0 spiro atoms. The molecule has 0 bridgehead atoms. The number of aromatic carboxylic acids is 1. The van der Waals surface area contributed by atoms with Crippen molar-refractivity contribution in [2.24, 2.45) is 0 Å². The summed E-state index contributed by atoms with van der Waals surface area (Å²) >= 11 is 5.75. The van der Waals surface area contributed by atoms with Crippen LogP contribution >= 0.6 is 11.6 Å². The Morgan fingerprint density at radius 3 is 2.75 bits per heavy atom. The molecule has 0 atom stereocenters. The van der Waals surface area contributed by atoms with Crippen LogP contribution in [0, 0.1) is 0 Å². The maximum Gasteiger partial charge on any atom is 0.337 e. The number of carboxylic acid groups (broad SMARTS) is 1. The highest BCUT2D eigenvalue weighted by Crippen LogP contribution is 2.18. The van der Waals surface area contributed by atoms with Crippen LogP contribution in [0.4, 0.5) is 5.82 Å². The molecular formula is C14H13ClN2O3. The second kappa shape index (κ2) is 6.36. The number of halogens is 1. The minimum Gasteiger partial charge on any atom is -0.478 e. The molecule has 20 heavy (non-hydrogen) atoms. The van der Waals surface area contributed by atoms with E-state index in [9.17, 15) is 4.79 Å². The Bertz CT molecular complexity index is 632. The molecule has 1 heterocycles. The van der Waals surface area contributed by atoms with Crippen LogP contribution in [0.15, 0.2) is 36.5 Å². The molecule has 1 aromatic heterocycles. The molecule has 0 saturated heterocycles. The number of aromatic nitrogens is 1. The number of aliphatic hydroxyl groups is 1. The highest BCUT2D eigenvalue weighted by molar-refractivity contribution is 6.33. The van der Waals surface area contributed by atoms with Gasteiger partial charge in [0.25, 0.3) is 0 Å². The van der Waals surface area contributed by atoms with E-state index in [1.54, 1.807) is 0 Å². The predicted molar refractivity (Wildman–Crippen MR) is 75.9 cm³/mol. The van der Waals surface area contributed by atoms with E-state index in [-0.39, 0.29) is 17.2 Å². The topological polar surface area (TPSA) is 82.5 Å². The van der Waals surface area contributed by atoms with E-state index < -0.39 is 5.97 Å². The molecule has 6 heteroatoms. The number of nitrogens with zero attached hydrogens (tertiary/aromatic N) is 1. The number of anilines is 1. The molecule has 2 aromatic rings. The average molecular weight is 293 g/mol. The Morgan fingerprint density at radius 1 is 1.30 bits per heavy atom. The van der Waals surface area contributed by atoms with E-state index in [1.165, 1.54) is 12.3 Å². The average Bonchev–Trinajstić information content (AvgIpc) is 2.46. The van der Waals surface area contributed by atoms with Gasteiger partial charge in [-0.1, -0.05) is 35.9 Å². The summed E-state index contributed by atoms with van der Waals surface area (Å²) in [5.41, 5.74) is 1.79. The quantitative estimate of drug-likeness (QED) is 0.789. The largest absolute Gasteiger partial charge is 0.478 e. The lowest BCUT2D eigenvalue weighted by Gasteiger charge is -2.08. The van der Waals surface area contributed by atoms with Crippen molar-refractivity contribution in [1.82, 2.24) is 4.98 Å². The Balaban J connectivity index is 2.10. The van der Waals surface area contributed by atoms with Crippen LogP contribution in [-0.2, 0) is 13.2 Å². The fraction of sp³-hybridized carbons (Fsp3) is 0.143. The van der Waals surface area contributed by atoms with Crippen molar-refractivity contribution in [2.45, 2.75) is 13.2 Å². The number of aliphatic hydroxyl groups excluding tert-OH is 1. The zero-order valence-electron chi connectivity index (χ0n) is 10.5. The highest BCUT2D eigenvalue weighted by atomic mass is 35.5. The first-order valence-corrected chi connectivity index (χ1v) is 6.29. The monoisotopic (exact) mass is 292 g/mol. The number of carbonyl (C=O) groups is 1. The Morgan fingerprint density at radius 2 is 2.05 bits per heavy atom. The van der Waals surface area contributed by atoms with E-state index in [0.717, 1.165) is 11.1 Å². The summed E-state index contributed by atoms with van der Waals surface area (Å²) < 4.78 is 0. The third-order valence-electron chi connectivity index (χ3n) is 2.73. The molecule has 5 nitrogen and oxygen atoms in total. The van der Waals surface area contributed by atoms with Gasteiger partial charge in [0, 0.05) is 12.7 Å². The molecule has 0 radical (unpaired) electrons. The third-order valence-corrected chi connectivity index (χ3v) is 3.03. The number of carboxylic acids is 1. The van der Waals surface area contributed by atoms with E-state index in [0.29, 0.717) is 12.4 Å². The summed E-state index contributed by atoms with van der Waals surface area (Å²) in [7, 11) is 0. The molecule has 0 unspecified atom stereocenters. The van der Waals surface area contributed by atoms with Gasteiger partial charge in [-0.25, -0.2) is 9.78 Å². The van der Waals surface area contributed by atoms with Crippen molar-refractivity contribution in [3.63, 3.8) is 0 Å². The van der Waals surface area contributed by atoms with Crippen LogP contribution in [0.2, 0.25) is 5.02 Å². The number of hydrogen-bond donors (Lipinski definition) is 3. The second-order valence-corrected chi connectivity index (χ2v) is 4.59. The molecule has 0 aliphatic rings. The van der Waals surface area contributed by atoms with Crippen LogP contribution in [-0.4, -0.2) is 21.2 Å². The minimum absolute atomic E-state index is 0.00766. The van der Waals surface area contributed by atoms with E-state index in [4.69, 9.17) is 21.8 Å². The molecule has 0 fully saturated rings. The number of pyridine rings is 1. The summed E-state index contributed by atoms with van der Waals surface area (Å²) in [6, 6.07) is 8.83. The zero-order valence-corrected chi connectivity index (χ0v) is 11.3. The molecule has 0 saturated carbocycles. The van der Waals surface area contributed by atoms with Crippen LogP contribution in [0.25, 0.3) is 0 Å². The summed E-state index contributed by atoms with van der Waals surface area (Å²) in [5, 5.41) is 21.2. The van der Waals surface area contributed by atoms with Crippen molar-refractivity contribution in [3.05, 3.63) is 58.2 Å². The van der Waals surface area contributed by atoms with Crippen molar-refractivity contribution in [3.8, 4) is 0 Å². The first-order chi connectivity index (χ1) is 9.60. The lowest BCUT2D eigenvalue weighted by atomic mass is 10.1. The molecule has 0 amide bonds. The molecule has 104 valence electrons. The molecule has 0 aliphatic carbocycles. The van der Waals surface area contributed by atoms with Crippen molar-refractivity contribution >= 4 is 23.4 Å². The number of benzene rings is 1. The first kappa shape index (κ1) is 14.3. The second-order valence-electron chi connectivity index (χ2n) is 4.19. The van der Waals surface area contributed by atoms with Crippen LogP contribution in [0.3, 0.4) is 0 Å². The SMILES string of the molecule is O=C(O)c1cc(NCc2cccc(CO)c2)ncc1Cl. The Labute approximate surface area is 120 Å². The van der Waals surface area contributed by atoms with Gasteiger partial charge in [0.1, 0.15) is 5.82 Å². The predicted octanol–water partition coefficient (Wildman–Crippen LogP) is 2.54. The van der Waals surface area contributed by atoms with Crippen molar-refractivity contribution in [1.29, 1.82) is 0 Å². The molecule has 0 aliphatic heterocycles. The van der Waals surface area contributed by atoms with E-state index in [2.05, 4.69) is 10.3 Å². The number of nitrogens with one attached hydrogen (secondary N) is 1. The van der Waals surface area contributed by atoms with Crippen LogP contribution in [0.5, 0.6) is 0 Å². The van der Waals surface area contributed by atoms with Gasteiger partial charge in [0.15, 0.2) is 0 Å². The summed E-state index contributed by atoms with van der Waals surface area (Å²) in [6.45, 7) is 0.456. The Hall–Kier alpha value is -2.11. The number of hydrogen-bond acceptors (Lipinski definition) is 4. The van der Waals surface area contributed by atoms with Gasteiger partial charge < -0.3 is 15.5 Å². The highest BCUT2D eigenvalue weighted by Gasteiger charge is 2.10. The van der Waals surface area contributed by atoms with Crippen LogP contribution < -0.4 is 5.32 Å². The van der Waals surface area contributed by atoms with Gasteiger partial charge in [-0.3, -0.25) is 0 Å². The van der Waals surface area contributed by atoms with Gasteiger partial charge in [0.05, 0.1) is 17.2 Å². The summed E-state index contributed by atoms with van der Waals surface area (Å²) in [6.07, 6.45) is 1.30. The summed E-state index contributed by atoms with van der Waals surface area (Å²) in [4.78, 5) is 15.0. The normalized spacial score (nSPS) is 10.3. The third kappa shape index (κ3) is 3.46. The van der Waals surface area contributed by atoms with Gasteiger partial charge >= 0.3 is 5.97 Å². The molecule has 2 rings (SSSR count). The lowest BCUT2D eigenvalue weighted by molar-refractivity contribution is 0.0697. The smallest absolute Gasteiger partial charge is 0.337 e. The molecule has 1 aromatic carbocycles. The molecular weight excluding hydrogens is 280 g/mol. The van der Waals surface area contributed by atoms with Gasteiger partial charge in [-0.2, -0.15) is 0 Å².